The van der Waals surface area contributed by atoms with Crippen LogP contribution in [0.1, 0.15) is 22.3 Å². The molecule has 0 unspecified atom stereocenters. The van der Waals surface area contributed by atoms with Gasteiger partial charge in [-0.15, -0.1) is 0 Å². The van der Waals surface area contributed by atoms with Gasteiger partial charge in [0.2, 0.25) is 11.8 Å². The Morgan fingerprint density at radius 2 is 1.45 bits per heavy atom. The van der Waals surface area contributed by atoms with Crippen molar-refractivity contribution in [2.75, 3.05) is 0 Å². The molecule has 0 aliphatic heterocycles. The summed E-state index contributed by atoms with van der Waals surface area (Å²) in [6, 6.07) is 20.1. The molecule has 0 saturated heterocycles. The van der Waals surface area contributed by atoms with E-state index in [0.717, 1.165) is 23.3 Å². The van der Waals surface area contributed by atoms with Crippen LogP contribution in [0.3, 0.4) is 0 Å². The molecule has 0 saturated carbocycles. The van der Waals surface area contributed by atoms with Crippen molar-refractivity contribution in [3.8, 4) is 5.75 Å². The number of carbonyl (C=O) groups is 2. The molecular formula is C25H23F3N2O3. The van der Waals surface area contributed by atoms with Crippen LogP contribution in [0.25, 0.3) is 0 Å². The lowest BCUT2D eigenvalue weighted by atomic mass is 10.0. The number of primary amides is 1. The maximum atomic E-state index is 12.7. The van der Waals surface area contributed by atoms with Crippen molar-refractivity contribution in [3.63, 3.8) is 0 Å². The van der Waals surface area contributed by atoms with Crippen LogP contribution in [-0.2, 0) is 35.2 Å². The van der Waals surface area contributed by atoms with Gasteiger partial charge in [0, 0.05) is 6.42 Å². The van der Waals surface area contributed by atoms with Gasteiger partial charge in [-0.25, -0.2) is 0 Å². The Labute approximate surface area is 189 Å². The van der Waals surface area contributed by atoms with Crippen LogP contribution in [0.4, 0.5) is 13.2 Å². The van der Waals surface area contributed by atoms with E-state index < -0.39 is 29.6 Å². The van der Waals surface area contributed by atoms with Crippen LogP contribution in [0, 0.1) is 0 Å². The van der Waals surface area contributed by atoms with Crippen LogP contribution in [0.5, 0.6) is 5.75 Å². The van der Waals surface area contributed by atoms with Crippen LogP contribution >= 0.6 is 0 Å². The first kappa shape index (κ1) is 23.8. The highest BCUT2D eigenvalue weighted by Crippen LogP contribution is 2.29. The van der Waals surface area contributed by atoms with Gasteiger partial charge >= 0.3 is 6.18 Å². The number of alkyl halides is 3. The zero-order chi connectivity index (χ0) is 23.8. The Hall–Kier alpha value is -3.81. The molecule has 8 heteroatoms. The van der Waals surface area contributed by atoms with Gasteiger partial charge in [0.25, 0.3) is 0 Å². The molecule has 1 atom stereocenters. The molecule has 5 nitrogen and oxygen atoms in total. The molecule has 33 heavy (non-hydrogen) atoms. The highest BCUT2D eigenvalue weighted by Gasteiger charge is 2.30. The summed E-state index contributed by atoms with van der Waals surface area (Å²) in [7, 11) is 0. The molecule has 3 aromatic carbocycles. The van der Waals surface area contributed by atoms with E-state index in [2.05, 4.69) is 5.32 Å². The zero-order valence-electron chi connectivity index (χ0n) is 17.6. The summed E-state index contributed by atoms with van der Waals surface area (Å²) in [5.41, 5.74) is 6.83. The number of hydrogen-bond donors (Lipinski definition) is 2. The van der Waals surface area contributed by atoms with E-state index in [1.807, 2.05) is 30.3 Å². The number of halogens is 3. The first-order valence-corrected chi connectivity index (χ1v) is 10.2. The van der Waals surface area contributed by atoms with E-state index in [9.17, 15) is 22.8 Å². The van der Waals surface area contributed by atoms with Crippen molar-refractivity contribution in [1.29, 1.82) is 0 Å². The number of nitrogens with two attached hydrogens (primary N) is 1. The third-order valence-corrected chi connectivity index (χ3v) is 4.94. The van der Waals surface area contributed by atoms with Crippen LogP contribution in [0.2, 0.25) is 0 Å². The Bertz CT molecular complexity index is 1070. The Kier molecular flexibility index (Phi) is 7.71. The summed E-state index contributed by atoms with van der Waals surface area (Å²) in [6.45, 7) is 0.421. The van der Waals surface area contributed by atoms with Crippen molar-refractivity contribution in [2.24, 2.45) is 5.73 Å². The monoisotopic (exact) mass is 456 g/mol. The van der Waals surface area contributed by atoms with Gasteiger partial charge in [-0.2, -0.15) is 13.2 Å². The van der Waals surface area contributed by atoms with Crippen LogP contribution in [0.15, 0.2) is 78.9 Å². The summed E-state index contributed by atoms with van der Waals surface area (Å²) >= 11 is 0. The SMILES string of the molecule is NC(=O)[C@@H](Cc1ccc(OCc2ccccc2)cc1)NC(=O)Cc1ccc(C(F)(F)F)cc1. The number of carbonyl (C=O) groups excluding carboxylic acids is 2. The predicted molar refractivity (Wildman–Crippen MR) is 117 cm³/mol. The Morgan fingerprint density at radius 1 is 0.848 bits per heavy atom. The summed E-state index contributed by atoms with van der Waals surface area (Å²) < 4.78 is 43.7. The second-order valence-corrected chi connectivity index (χ2v) is 7.52. The minimum Gasteiger partial charge on any atom is -0.489 e. The number of rotatable bonds is 9. The summed E-state index contributed by atoms with van der Waals surface area (Å²) in [5, 5.41) is 2.55. The number of hydrogen-bond acceptors (Lipinski definition) is 3. The Morgan fingerprint density at radius 3 is 2.03 bits per heavy atom. The third-order valence-electron chi connectivity index (χ3n) is 4.94. The minimum absolute atomic E-state index is 0.172. The van der Waals surface area contributed by atoms with Crippen molar-refractivity contribution < 1.29 is 27.5 Å². The minimum atomic E-state index is -4.44. The second-order valence-electron chi connectivity index (χ2n) is 7.52. The van der Waals surface area contributed by atoms with Gasteiger partial charge in [-0.1, -0.05) is 54.6 Å². The van der Waals surface area contributed by atoms with Crippen molar-refractivity contribution >= 4 is 11.8 Å². The van der Waals surface area contributed by atoms with Crippen molar-refractivity contribution in [1.82, 2.24) is 5.32 Å². The smallest absolute Gasteiger partial charge is 0.416 e. The van der Waals surface area contributed by atoms with Crippen molar-refractivity contribution in [2.45, 2.75) is 31.7 Å². The summed E-state index contributed by atoms with van der Waals surface area (Å²) in [6.07, 6.45) is -4.44. The quantitative estimate of drug-likeness (QED) is 0.510. The first-order chi connectivity index (χ1) is 15.7. The molecule has 0 aromatic heterocycles. The molecule has 0 spiro atoms. The van der Waals surface area contributed by atoms with Gasteiger partial charge in [-0.3, -0.25) is 9.59 Å². The summed E-state index contributed by atoms with van der Waals surface area (Å²) in [5.74, 6) is -0.564. The van der Waals surface area contributed by atoms with E-state index in [1.165, 1.54) is 12.1 Å². The lowest BCUT2D eigenvalue weighted by Crippen LogP contribution is -2.46. The fourth-order valence-corrected chi connectivity index (χ4v) is 3.16. The molecule has 0 aliphatic carbocycles. The predicted octanol–water partition coefficient (Wildman–Crippen LogP) is 4.04. The highest BCUT2D eigenvalue weighted by molar-refractivity contribution is 5.87. The van der Waals surface area contributed by atoms with Gasteiger partial charge in [0.1, 0.15) is 18.4 Å². The number of ether oxygens (including phenoxy) is 1. The van der Waals surface area contributed by atoms with Crippen LogP contribution in [-0.4, -0.2) is 17.9 Å². The standard InChI is InChI=1S/C25H23F3N2O3/c26-25(27,28)20-10-6-18(7-11-20)15-23(31)30-22(24(29)32)14-17-8-12-21(13-9-17)33-16-19-4-2-1-3-5-19/h1-13,22H,14-16H2,(H2,29,32)(H,30,31)/t22-/m1/s1. The molecule has 0 fully saturated rings. The topological polar surface area (TPSA) is 81.4 Å². The molecule has 3 N–H and O–H groups in total. The summed E-state index contributed by atoms with van der Waals surface area (Å²) in [4.78, 5) is 24.1. The third kappa shape index (κ3) is 7.38. The Balaban J connectivity index is 1.54. The maximum Gasteiger partial charge on any atom is 0.416 e. The van der Waals surface area contributed by atoms with Gasteiger partial charge in [0.05, 0.1) is 12.0 Å². The zero-order valence-corrected chi connectivity index (χ0v) is 17.6. The second kappa shape index (κ2) is 10.7. The van der Waals surface area contributed by atoms with Gasteiger partial charge in [0.15, 0.2) is 0 Å². The fraction of sp³-hybridized carbons (Fsp3) is 0.200. The van der Waals surface area contributed by atoms with E-state index in [4.69, 9.17) is 10.5 Å². The highest BCUT2D eigenvalue weighted by atomic mass is 19.4. The van der Waals surface area contributed by atoms with E-state index >= 15 is 0 Å². The molecule has 2 amide bonds. The number of benzene rings is 3. The molecular weight excluding hydrogens is 433 g/mol. The maximum absolute atomic E-state index is 12.7. The lowest BCUT2D eigenvalue weighted by molar-refractivity contribution is -0.137. The van der Waals surface area contributed by atoms with E-state index in [-0.39, 0.29) is 12.8 Å². The first-order valence-electron chi connectivity index (χ1n) is 10.2. The number of amides is 2. The molecule has 0 radical (unpaired) electrons. The molecule has 0 heterocycles. The average Bonchev–Trinajstić information content (AvgIpc) is 2.78. The largest absolute Gasteiger partial charge is 0.489 e. The van der Waals surface area contributed by atoms with E-state index in [1.54, 1.807) is 24.3 Å². The molecule has 3 aromatic rings. The van der Waals surface area contributed by atoms with Gasteiger partial charge in [-0.05, 0) is 41.0 Å². The fourth-order valence-electron chi connectivity index (χ4n) is 3.16. The lowest BCUT2D eigenvalue weighted by Gasteiger charge is -2.16. The van der Waals surface area contributed by atoms with Crippen molar-refractivity contribution in [3.05, 3.63) is 101 Å². The molecule has 3 rings (SSSR count). The average molecular weight is 456 g/mol. The van der Waals surface area contributed by atoms with E-state index in [0.29, 0.717) is 17.9 Å². The van der Waals surface area contributed by atoms with Gasteiger partial charge < -0.3 is 15.8 Å². The van der Waals surface area contributed by atoms with Crippen LogP contribution < -0.4 is 15.8 Å². The molecule has 0 bridgehead atoms. The normalized spacial score (nSPS) is 12.1. The number of nitrogens with one attached hydrogen (secondary N) is 1. The molecule has 172 valence electrons. The molecule has 0 aliphatic rings.